The number of rotatable bonds is 7. The van der Waals surface area contributed by atoms with Gasteiger partial charge in [-0.25, -0.2) is 0 Å². The Morgan fingerprint density at radius 3 is 3.10 bits per heavy atom. The van der Waals surface area contributed by atoms with Gasteiger partial charge in [0.1, 0.15) is 18.1 Å². The van der Waals surface area contributed by atoms with Crippen molar-refractivity contribution in [1.82, 2.24) is 25.3 Å². The number of aromatic nitrogens is 4. The summed E-state index contributed by atoms with van der Waals surface area (Å²) in [5, 5.41) is 20.3. The van der Waals surface area contributed by atoms with E-state index in [9.17, 15) is 0 Å². The summed E-state index contributed by atoms with van der Waals surface area (Å²) < 4.78 is 7.45. The molecule has 1 aliphatic rings. The fourth-order valence-electron chi connectivity index (χ4n) is 2.10. The second kappa shape index (κ2) is 6.64. The number of nitrogens with zero attached hydrogens (tertiary/aromatic N) is 4. The monoisotopic (exact) mass is 289 g/mol. The molecule has 0 saturated carbocycles. The van der Waals surface area contributed by atoms with Crippen LogP contribution in [-0.2, 0) is 6.54 Å². The molecular weight excluding hydrogens is 270 g/mol. The van der Waals surface area contributed by atoms with E-state index in [0.717, 1.165) is 30.0 Å². The summed E-state index contributed by atoms with van der Waals surface area (Å²) in [6.45, 7) is 2.54. The van der Waals surface area contributed by atoms with Crippen LogP contribution in [0, 0.1) is 0 Å². The minimum atomic E-state index is 0.148. The third-order valence-electron chi connectivity index (χ3n) is 3.47. The van der Waals surface area contributed by atoms with E-state index in [2.05, 4.69) is 20.6 Å². The minimum Gasteiger partial charge on any atom is -0.490 e. The summed E-state index contributed by atoms with van der Waals surface area (Å²) >= 11 is 0. The average Bonchev–Trinajstić information content (AvgIpc) is 2.93. The smallest absolute Gasteiger partial charge is 0.138 e. The Morgan fingerprint density at radius 1 is 1.43 bits per heavy atom. The zero-order valence-electron chi connectivity index (χ0n) is 11.8. The fraction of sp³-hybridized carbons (Fsp3) is 0.500. The molecule has 2 aromatic heterocycles. The molecule has 0 radical (unpaired) electrons. The van der Waals surface area contributed by atoms with Crippen molar-refractivity contribution in [2.75, 3.05) is 19.8 Å². The molecule has 3 heterocycles. The van der Waals surface area contributed by atoms with Gasteiger partial charge in [-0.15, -0.1) is 5.10 Å². The minimum absolute atomic E-state index is 0.148. The molecule has 112 valence electrons. The molecule has 3 rings (SSSR count). The molecule has 2 aromatic rings. The summed E-state index contributed by atoms with van der Waals surface area (Å²) in [5.41, 5.74) is 1.64. The van der Waals surface area contributed by atoms with Crippen LogP contribution in [0.1, 0.15) is 12.8 Å². The topological polar surface area (TPSA) is 85.1 Å². The Kier molecular flexibility index (Phi) is 4.42. The Labute approximate surface area is 123 Å². The van der Waals surface area contributed by atoms with Gasteiger partial charge in [-0.2, -0.15) is 0 Å². The van der Waals surface area contributed by atoms with E-state index >= 15 is 0 Å². The number of aliphatic hydroxyl groups is 1. The number of nitrogens with one attached hydrogen (secondary N) is 1. The molecule has 7 nitrogen and oxygen atoms in total. The SMILES string of the molecule is OCCCn1cc(-c2cncc(OCC3CCN3)c2)nn1. The first-order valence-corrected chi connectivity index (χ1v) is 7.18. The van der Waals surface area contributed by atoms with Crippen LogP contribution in [0.4, 0.5) is 0 Å². The highest BCUT2D eigenvalue weighted by atomic mass is 16.5. The van der Waals surface area contributed by atoms with Crippen LogP contribution in [0.5, 0.6) is 5.75 Å². The van der Waals surface area contributed by atoms with Crippen molar-refractivity contribution in [2.24, 2.45) is 0 Å². The van der Waals surface area contributed by atoms with Gasteiger partial charge in [-0.3, -0.25) is 9.67 Å². The highest BCUT2D eigenvalue weighted by molar-refractivity contribution is 5.58. The molecule has 7 heteroatoms. The van der Waals surface area contributed by atoms with E-state index in [0.29, 0.717) is 25.6 Å². The second-order valence-electron chi connectivity index (χ2n) is 5.10. The lowest BCUT2D eigenvalue weighted by Gasteiger charge is -2.27. The van der Waals surface area contributed by atoms with Gasteiger partial charge < -0.3 is 15.2 Å². The van der Waals surface area contributed by atoms with Gasteiger partial charge in [-0.1, -0.05) is 5.21 Å². The van der Waals surface area contributed by atoms with Crippen LogP contribution >= 0.6 is 0 Å². The van der Waals surface area contributed by atoms with Crippen LogP contribution in [-0.4, -0.2) is 50.9 Å². The zero-order valence-corrected chi connectivity index (χ0v) is 11.8. The second-order valence-corrected chi connectivity index (χ2v) is 5.10. The Balaban J connectivity index is 1.65. The Hall–Kier alpha value is -1.99. The van der Waals surface area contributed by atoms with Crippen molar-refractivity contribution in [2.45, 2.75) is 25.4 Å². The maximum Gasteiger partial charge on any atom is 0.138 e. The zero-order chi connectivity index (χ0) is 14.5. The van der Waals surface area contributed by atoms with Crippen molar-refractivity contribution in [3.63, 3.8) is 0 Å². The van der Waals surface area contributed by atoms with E-state index in [4.69, 9.17) is 9.84 Å². The van der Waals surface area contributed by atoms with Gasteiger partial charge in [0.25, 0.3) is 0 Å². The predicted molar refractivity (Wildman–Crippen MR) is 76.9 cm³/mol. The number of aliphatic hydroxyl groups excluding tert-OH is 1. The number of ether oxygens (including phenoxy) is 1. The van der Waals surface area contributed by atoms with Gasteiger partial charge in [0.15, 0.2) is 0 Å². The fourth-order valence-corrected chi connectivity index (χ4v) is 2.10. The third kappa shape index (κ3) is 3.56. The van der Waals surface area contributed by atoms with Crippen molar-refractivity contribution in [3.05, 3.63) is 24.7 Å². The third-order valence-corrected chi connectivity index (χ3v) is 3.47. The summed E-state index contributed by atoms with van der Waals surface area (Å²) in [4.78, 5) is 4.19. The number of pyridine rings is 1. The lowest BCUT2D eigenvalue weighted by molar-refractivity contribution is 0.217. The standard InChI is InChI=1S/C14H19N5O2/c20-5-1-4-19-9-14(17-18-19)11-6-13(8-15-7-11)21-10-12-2-3-16-12/h6-9,12,16,20H,1-5,10H2. The van der Waals surface area contributed by atoms with Gasteiger partial charge in [0.05, 0.1) is 12.4 Å². The highest BCUT2D eigenvalue weighted by Crippen LogP contribution is 2.21. The summed E-state index contributed by atoms with van der Waals surface area (Å²) in [6.07, 6.45) is 7.13. The molecule has 0 aromatic carbocycles. The lowest BCUT2D eigenvalue weighted by atomic mass is 10.1. The largest absolute Gasteiger partial charge is 0.490 e. The first-order valence-electron chi connectivity index (χ1n) is 7.18. The summed E-state index contributed by atoms with van der Waals surface area (Å²) in [7, 11) is 0. The predicted octanol–water partition coefficient (Wildman–Crippen LogP) is 0.463. The number of hydrogen-bond acceptors (Lipinski definition) is 6. The molecule has 0 bridgehead atoms. The number of hydrogen-bond donors (Lipinski definition) is 2. The molecule has 0 amide bonds. The average molecular weight is 289 g/mol. The van der Waals surface area contributed by atoms with Crippen LogP contribution in [0.15, 0.2) is 24.7 Å². The Morgan fingerprint density at radius 2 is 2.33 bits per heavy atom. The van der Waals surface area contributed by atoms with Crippen LogP contribution in [0.3, 0.4) is 0 Å². The van der Waals surface area contributed by atoms with Crippen LogP contribution in [0.2, 0.25) is 0 Å². The van der Waals surface area contributed by atoms with Crippen LogP contribution < -0.4 is 10.1 Å². The van der Waals surface area contributed by atoms with Gasteiger partial charge >= 0.3 is 0 Å². The molecule has 0 spiro atoms. The molecule has 1 aliphatic heterocycles. The highest BCUT2D eigenvalue weighted by Gasteiger charge is 2.16. The van der Waals surface area contributed by atoms with E-state index in [1.807, 2.05) is 12.3 Å². The van der Waals surface area contributed by atoms with Crippen molar-refractivity contribution < 1.29 is 9.84 Å². The maximum absolute atomic E-state index is 8.82. The summed E-state index contributed by atoms with van der Waals surface area (Å²) in [6, 6.07) is 2.37. The van der Waals surface area contributed by atoms with E-state index in [1.165, 1.54) is 0 Å². The molecule has 21 heavy (non-hydrogen) atoms. The molecule has 1 fully saturated rings. The van der Waals surface area contributed by atoms with Crippen molar-refractivity contribution >= 4 is 0 Å². The van der Waals surface area contributed by atoms with Crippen molar-refractivity contribution in [1.29, 1.82) is 0 Å². The maximum atomic E-state index is 8.82. The number of aryl methyl sites for hydroxylation is 1. The first kappa shape index (κ1) is 14.0. The molecule has 2 N–H and O–H groups in total. The first-order chi connectivity index (χ1) is 10.3. The van der Waals surface area contributed by atoms with Gasteiger partial charge in [-0.05, 0) is 25.5 Å². The molecule has 1 atom stereocenters. The van der Waals surface area contributed by atoms with E-state index in [1.54, 1.807) is 17.1 Å². The quantitative estimate of drug-likeness (QED) is 0.770. The lowest BCUT2D eigenvalue weighted by Crippen LogP contribution is -2.46. The molecule has 0 aliphatic carbocycles. The van der Waals surface area contributed by atoms with Crippen LogP contribution in [0.25, 0.3) is 11.3 Å². The normalized spacial score (nSPS) is 17.5. The van der Waals surface area contributed by atoms with E-state index < -0.39 is 0 Å². The molecule has 1 saturated heterocycles. The van der Waals surface area contributed by atoms with Gasteiger partial charge in [0.2, 0.25) is 0 Å². The van der Waals surface area contributed by atoms with Crippen molar-refractivity contribution in [3.8, 4) is 17.0 Å². The summed E-state index contributed by atoms with van der Waals surface area (Å²) in [5.74, 6) is 0.742. The Bertz CT molecular complexity index is 582. The molecular formula is C14H19N5O2. The molecule has 1 unspecified atom stereocenters. The van der Waals surface area contributed by atoms with E-state index in [-0.39, 0.29) is 6.61 Å². The van der Waals surface area contributed by atoms with Gasteiger partial charge in [0, 0.05) is 31.0 Å².